The molecule has 0 aliphatic heterocycles. The fourth-order valence-electron chi connectivity index (χ4n) is 3.52. The van der Waals surface area contributed by atoms with Crippen LogP contribution in [0.5, 0.6) is 0 Å². The number of aryl methyl sites for hydroxylation is 1. The van der Waals surface area contributed by atoms with Gasteiger partial charge in [-0.15, -0.1) is 11.3 Å². The van der Waals surface area contributed by atoms with Crippen LogP contribution < -0.4 is 10.2 Å². The van der Waals surface area contributed by atoms with Crippen molar-refractivity contribution in [3.63, 3.8) is 0 Å². The summed E-state index contributed by atoms with van der Waals surface area (Å²) in [6, 6.07) is 0. The molecule has 2 heterocycles. The number of carbonyl (C=O) groups is 3. The summed E-state index contributed by atoms with van der Waals surface area (Å²) in [6.45, 7) is 5.68. The van der Waals surface area contributed by atoms with Crippen molar-refractivity contribution in [1.82, 2.24) is 4.57 Å². The summed E-state index contributed by atoms with van der Waals surface area (Å²) in [4.78, 5) is 49.5. The van der Waals surface area contributed by atoms with Gasteiger partial charge in [0.1, 0.15) is 5.00 Å². The van der Waals surface area contributed by atoms with Gasteiger partial charge < -0.3 is 19.4 Å². The van der Waals surface area contributed by atoms with Crippen molar-refractivity contribution < 1.29 is 23.9 Å². The summed E-state index contributed by atoms with van der Waals surface area (Å²) in [5.41, 5.74) is 2.15. The average Bonchev–Trinajstić information content (AvgIpc) is 3.23. The van der Waals surface area contributed by atoms with Gasteiger partial charge in [0.05, 0.1) is 18.6 Å². The van der Waals surface area contributed by atoms with Gasteiger partial charge in [0.2, 0.25) is 0 Å². The monoisotopic (exact) mass is 466 g/mol. The lowest BCUT2D eigenvalue weighted by Crippen LogP contribution is -2.23. The van der Waals surface area contributed by atoms with Crippen LogP contribution in [0.3, 0.4) is 0 Å². The Hall–Kier alpha value is -2.46. The molecule has 168 valence electrons. The Bertz CT molecular complexity index is 1040. The molecule has 2 aromatic rings. The Morgan fingerprint density at radius 1 is 1.29 bits per heavy atom. The van der Waals surface area contributed by atoms with E-state index in [0.29, 0.717) is 16.5 Å². The van der Waals surface area contributed by atoms with Crippen LogP contribution in [0.2, 0.25) is 0 Å². The highest BCUT2D eigenvalue weighted by molar-refractivity contribution is 7.17. The zero-order valence-electron chi connectivity index (χ0n) is 17.8. The molecule has 1 amide bonds. The molecular weight excluding hydrogens is 440 g/mol. The molecule has 1 atom stereocenters. The molecule has 1 unspecified atom stereocenters. The molecule has 0 bridgehead atoms. The third-order valence-electron chi connectivity index (χ3n) is 5.12. The highest BCUT2D eigenvalue weighted by atomic mass is 32.1. The van der Waals surface area contributed by atoms with Crippen molar-refractivity contribution in [1.29, 1.82) is 0 Å². The number of thiazole rings is 1. The summed E-state index contributed by atoms with van der Waals surface area (Å²) in [6.07, 6.45) is 2.60. The van der Waals surface area contributed by atoms with Gasteiger partial charge in [-0.3, -0.25) is 14.4 Å². The minimum absolute atomic E-state index is 0.00990. The second kappa shape index (κ2) is 10.2. The predicted octanol–water partition coefficient (Wildman–Crippen LogP) is 3.15. The quantitative estimate of drug-likeness (QED) is 0.600. The Balaban J connectivity index is 1.60. The maximum atomic E-state index is 12.5. The number of aromatic nitrogens is 1. The standard InChI is InChI=1S/C21H26N2O6S2/c1-4-28-20(26)18-14-6-5-12(2)9-15(14)31-19(18)22-16(24)10-29-17(25)7-8-23-13(3)11-30-21(23)27/h11-12H,4-10H2,1-3H3,(H,22,24). The fourth-order valence-corrected chi connectivity index (χ4v) is 5.69. The molecule has 0 saturated carbocycles. The number of nitrogens with one attached hydrogen (secondary N) is 1. The third-order valence-corrected chi connectivity index (χ3v) is 7.18. The number of hydrogen-bond acceptors (Lipinski definition) is 8. The second-order valence-corrected chi connectivity index (χ2v) is 9.46. The van der Waals surface area contributed by atoms with E-state index in [9.17, 15) is 19.2 Å². The summed E-state index contributed by atoms with van der Waals surface area (Å²) in [5.74, 6) is -1.02. The first-order chi connectivity index (χ1) is 14.8. The first-order valence-electron chi connectivity index (χ1n) is 10.2. The number of amides is 1. The average molecular weight is 467 g/mol. The predicted molar refractivity (Wildman–Crippen MR) is 119 cm³/mol. The minimum atomic E-state index is -0.572. The summed E-state index contributed by atoms with van der Waals surface area (Å²) in [5, 5.41) is 4.88. The maximum absolute atomic E-state index is 12.5. The van der Waals surface area contributed by atoms with Crippen LogP contribution in [0, 0.1) is 12.8 Å². The molecule has 0 spiro atoms. The Morgan fingerprint density at radius 3 is 2.74 bits per heavy atom. The van der Waals surface area contributed by atoms with Crippen molar-refractivity contribution in [3.05, 3.63) is 36.7 Å². The van der Waals surface area contributed by atoms with Gasteiger partial charge in [-0.05, 0) is 44.6 Å². The van der Waals surface area contributed by atoms with Crippen LogP contribution in [0.15, 0.2) is 10.2 Å². The van der Waals surface area contributed by atoms with E-state index < -0.39 is 24.5 Å². The number of rotatable bonds is 8. The number of esters is 2. The molecule has 0 aromatic carbocycles. The van der Waals surface area contributed by atoms with Crippen molar-refractivity contribution in [2.45, 2.75) is 53.0 Å². The molecule has 1 aliphatic rings. The van der Waals surface area contributed by atoms with Gasteiger partial charge >= 0.3 is 16.8 Å². The normalized spacial score (nSPS) is 15.3. The van der Waals surface area contributed by atoms with E-state index in [-0.39, 0.29) is 24.4 Å². The molecule has 1 aliphatic carbocycles. The zero-order valence-corrected chi connectivity index (χ0v) is 19.5. The number of anilines is 1. The Morgan fingerprint density at radius 2 is 2.06 bits per heavy atom. The van der Waals surface area contributed by atoms with Crippen molar-refractivity contribution in [2.24, 2.45) is 5.92 Å². The molecule has 3 rings (SSSR count). The van der Waals surface area contributed by atoms with E-state index in [1.54, 1.807) is 19.2 Å². The van der Waals surface area contributed by atoms with Crippen molar-refractivity contribution in [2.75, 3.05) is 18.5 Å². The maximum Gasteiger partial charge on any atom is 0.341 e. The van der Waals surface area contributed by atoms with Crippen LogP contribution in [0.1, 0.15) is 53.2 Å². The lowest BCUT2D eigenvalue weighted by Gasteiger charge is -2.18. The summed E-state index contributed by atoms with van der Waals surface area (Å²) < 4.78 is 11.7. The van der Waals surface area contributed by atoms with E-state index in [1.165, 1.54) is 15.9 Å². The number of nitrogens with zero attached hydrogens (tertiary/aromatic N) is 1. The molecule has 0 radical (unpaired) electrons. The first-order valence-corrected chi connectivity index (χ1v) is 11.9. The number of hydrogen-bond donors (Lipinski definition) is 1. The number of fused-ring (bicyclic) bond motifs is 1. The molecule has 0 saturated heterocycles. The number of carbonyl (C=O) groups excluding carboxylic acids is 3. The van der Waals surface area contributed by atoms with E-state index in [0.717, 1.165) is 46.7 Å². The topological polar surface area (TPSA) is 104 Å². The Labute approximate surface area is 188 Å². The molecular formula is C21H26N2O6S2. The SMILES string of the molecule is CCOC(=O)c1c(NC(=O)COC(=O)CCn2c(C)csc2=O)sc2c1CCC(C)C2. The van der Waals surface area contributed by atoms with Crippen LogP contribution in [-0.2, 0) is 38.4 Å². The van der Waals surface area contributed by atoms with Gasteiger partial charge in [0, 0.05) is 22.5 Å². The van der Waals surface area contributed by atoms with Crippen molar-refractivity contribution in [3.8, 4) is 0 Å². The minimum Gasteiger partial charge on any atom is -0.462 e. The highest BCUT2D eigenvalue weighted by Gasteiger charge is 2.29. The molecule has 10 heteroatoms. The van der Waals surface area contributed by atoms with Crippen LogP contribution in [-0.4, -0.2) is 35.6 Å². The molecule has 8 nitrogen and oxygen atoms in total. The highest BCUT2D eigenvalue weighted by Crippen LogP contribution is 2.40. The first kappa shape index (κ1) is 23.2. The van der Waals surface area contributed by atoms with E-state index in [2.05, 4.69) is 12.2 Å². The second-order valence-electron chi connectivity index (χ2n) is 7.53. The smallest absolute Gasteiger partial charge is 0.341 e. The van der Waals surface area contributed by atoms with E-state index in [1.807, 2.05) is 0 Å². The van der Waals surface area contributed by atoms with Gasteiger partial charge in [-0.1, -0.05) is 18.3 Å². The molecule has 31 heavy (non-hydrogen) atoms. The Kier molecular flexibility index (Phi) is 7.66. The largest absolute Gasteiger partial charge is 0.462 e. The third kappa shape index (κ3) is 5.62. The van der Waals surface area contributed by atoms with Gasteiger partial charge in [-0.25, -0.2) is 4.79 Å². The van der Waals surface area contributed by atoms with E-state index >= 15 is 0 Å². The lowest BCUT2D eigenvalue weighted by atomic mass is 9.88. The van der Waals surface area contributed by atoms with Crippen LogP contribution >= 0.6 is 22.7 Å². The zero-order chi connectivity index (χ0) is 22.5. The molecule has 1 N–H and O–H groups in total. The van der Waals surface area contributed by atoms with E-state index in [4.69, 9.17) is 9.47 Å². The van der Waals surface area contributed by atoms with Gasteiger partial charge in [0.25, 0.3) is 5.91 Å². The number of ether oxygens (including phenoxy) is 2. The van der Waals surface area contributed by atoms with Crippen molar-refractivity contribution >= 4 is 45.5 Å². The van der Waals surface area contributed by atoms with Crippen LogP contribution in [0.25, 0.3) is 0 Å². The molecule has 2 aromatic heterocycles. The fraction of sp³-hybridized carbons (Fsp3) is 0.524. The summed E-state index contributed by atoms with van der Waals surface area (Å²) >= 11 is 2.46. The van der Waals surface area contributed by atoms with Gasteiger partial charge in [0.15, 0.2) is 6.61 Å². The van der Waals surface area contributed by atoms with Gasteiger partial charge in [-0.2, -0.15) is 0 Å². The van der Waals surface area contributed by atoms with Crippen LogP contribution in [0.4, 0.5) is 5.00 Å². The number of thiophene rings is 1. The summed E-state index contributed by atoms with van der Waals surface area (Å²) in [7, 11) is 0. The lowest BCUT2D eigenvalue weighted by molar-refractivity contribution is -0.147. The molecule has 0 fully saturated rings.